The molecule has 0 aliphatic carbocycles. The van der Waals surface area contributed by atoms with Crippen LogP contribution in [0.15, 0.2) is 89.5 Å². The maximum absolute atomic E-state index is 11.7. The second-order valence-electron chi connectivity index (χ2n) is 10.3. The highest BCUT2D eigenvalue weighted by Crippen LogP contribution is 2.20. The summed E-state index contributed by atoms with van der Waals surface area (Å²) in [6.45, 7) is 6.14. The van der Waals surface area contributed by atoms with Crippen molar-refractivity contribution < 1.29 is 23.8 Å². The molecule has 0 saturated carbocycles. The molecule has 1 N–H and O–H groups in total. The van der Waals surface area contributed by atoms with Crippen LogP contribution in [-0.4, -0.2) is 39.6 Å². The van der Waals surface area contributed by atoms with E-state index in [0.717, 1.165) is 40.6 Å². The molecule has 0 bridgehead atoms. The van der Waals surface area contributed by atoms with E-state index in [4.69, 9.17) is 19.2 Å². The Morgan fingerprint density at radius 2 is 1.64 bits per heavy atom. The smallest absolute Gasteiger partial charge is 0.339 e. The van der Waals surface area contributed by atoms with E-state index in [1.165, 1.54) is 5.56 Å². The Balaban J connectivity index is 0.000000285. The second-order valence-corrected chi connectivity index (χ2v) is 10.3. The molecular weight excluding hydrogens is 556 g/mol. The number of carboxylic acids is 1. The minimum absolute atomic E-state index is 0.0772. The van der Waals surface area contributed by atoms with Crippen molar-refractivity contribution in [3.8, 4) is 23.3 Å². The SMILES string of the molecule is COc1ccc(CC(C)C#N)cc1.Cc1nc(CCOc2ccc(Cc3nn(-c4ccccc4)cc3C(=O)O)cc2)c(C)o1. The first-order valence-corrected chi connectivity index (χ1v) is 14.3. The number of methoxy groups -OCH3 is 1. The van der Waals surface area contributed by atoms with Gasteiger partial charge in [0.25, 0.3) is 0 Å². The Bertz CT molecular complexity index is 1680. The molecule has 0 aliphatic rings. The number of oxazole rings is 1. The molecule has 3 aromatic carbocycles. The van der Waals surface area contributed by atoms with Gasteiger partial charge in [0, 0.05) is 31.9 Å². The number of aromatic carboxylic acids is 1. The van der Waals surface area contributed by atoms with Crippen LogP contribution >= 0.6 is 0 Å². The van der Waals surface area contributed by atoms with Crippen molar-refractivity contribution >= 4 is 5.97 Å². The van der Waals surface area contributed by atoms with Gasteiger partial charge in [-0.15, -0.1) is 0 Å². The minimum atomic E-state index is -0.990. The maximum atomic E-state index is 11.7. The first kappa shape index (κ1) is 31.6. The average Bonchev–Trinajstić information content (AvgIpc) is 3.61. The van der Waals surface area contributed by atoms with Crippen molar-refractivity contribution in [1.82, 2.24) is 14.8 Å². The van der Waals surface area contributed by atoms with E-state index in [1.807, 2.05) is 99.6 Å². The molecule has 9 nitrogen and oxygen atoms in total. The molecule has 0 aliphatic heterocycles. The summed E-state index contributed by atoms with van der Waals surface area (Å²) in [5.41, 5.74) is 4.57. The number of benzene rings is 3. The standard InChI is InChI=1S/C24H23N3O4.C11H13NO/c1-16-22(25-17(2)31-16)12-13-30-20-10-8-18(9-11-20)14-23-21(24(28)29)15-27(26-23)19-6-4-3-5-7-19;1-9(8-12)7-10-3-5-11(13-2)6-4-10/h3-11,15H,12-14H2,1-2H3,(H,28,29);3-6,9H,7H2,1-2H3. The van der Waals surface area contributed by atoms with Crippen molar-refractivity contribution in [1.29, 1.82) is 5.26 Å². The van der Waals surface area contributed by atoms with Crippen LogP contribution in [0.5, 0.6) is 11.5 Å². The van der Waals surface area contributed by atoms with Crippen LogP contribution in [0.2, 0.25) is 0 Å². The Morgan fingerprint density at radius 1 is 0.977 bits per heavy atom. The lowest BCUT2D eigenvalue weighted by molar-refractivity contribution is 0.0696. The van der Waals surface area contributed by atoms with Gasteiger partial charge in [0.15, 0.2) is 5.89 Å². The van der Waals surface area contributed by atoms with Gasteiger partial charge in [0.05, 0.1) is 36.9 Å². The Hall–Kier alpha value is -5.36. The summed E-state index contributed by atoms with van der Waals surface area (Å²) >= 11 is 0. The second kappa shape index (κ2) is 15.2. The van der Waals surface area contributed by atoms with E-state index in [9.17, 15) is 9.90 Å². The van der Waals surface area contributed by atoms with Gasteiger partial charge in [0.2, 0.25) is 0 Å². The monoisotopic (exact) mass is 592 g/mol. The molecule has 0 fully saturated rings. The summed E-state index contributed by atoms with van der Waals surface area (Å²) in [5, 5.41) is 22.7. The molecular formula is C35H36N4O5. The predicted octanol–water partition coefficient (Wildman–Crippen LogP) is 6.79. The zero-order chi connectivity index (χ0) is 31.5. The number of rotatable bonds is 11. The van der Waals surface area contributed by atoms with Crippen molar-refractivity contribution in [3.63, 3.8) is 0 Å². The van der Waals surface area contributed by atoms with Gasteiger partial charge in [-0.25, -0.2) is 14.5 Å². The van der Waals surface area contributed by atoms with Gasteiger partial charge in [-0.3, -0.25) is 0 Å². The maximum Gasteiger partial charge on any atom is 0.339 e. The topological polar surface area (TPSA) is 123 Å². The summed E-state index contributed by atoms with van der Waals surface area (Å²) in [6.07, 6.45) is 3.45. The number of carbonyl (C=O) groups is 1. The number of carboxylic acid groups (broad SMARTS) is 1. The molecule has 226 valence electrons. The highest BCUT2D eigenvalue weighted by molar-refractivity contribution is 5.88. The van der Waals surface area contributed by atoms with E-state index >= 15 is 0 Å². The zero-order valence-electron chi connectivity index (χ0n) is 25.4. The van der Waals surface area contributed by atoms with Crippen LogP contribution in [0.1, 0.15) is 51.4 Å². The summed E-state index contributed by atoms with van der Waals surface area (Å²) < 4.78 is 17.9. The highest BCUT2D eigenvalue weighted by atomic mass is 16.5. The molecule has 5 aromatic rings. The normalized spacial score (nSPS) is 11.2. The van der Waals surface area contributed by atoms with E-state index < -0.39 is 5.97 Å². The summed E-state index contributed by atoms with van der Waals surface area (Å²) in [7, 11) is 1.65. The Morgan fingerprint density at radius 3 is 2.23 bits per heavy atom. The number of ether oxygens (including phenoxy) is 2. The molecule has 0 amide bonds. The van der Waals surface area contributed by atoms with Crippen molar-refractivity contribution in [2.45, 2.75) is 40.0 Å². The number of aryl methyl sites for hydroxylation is 2. The van der Waals surface area contributed by atoms with Gasteiger partial charge in [-0.1, -0.05) is 42.5 Å². The molecule has 5 rings (SSSR count). The van der Waals surface area contributed by atoms with Crippen LogP contribution < -0.4 is 9.47 Å². The molecule has 44 heavy (non-hydrogen) atoms. The number of aromatic nitrogens is 3. The lowest BCUT2D eigenvalue weighted by Gasteiger charge is -2.06. The van der Waals surface area contributed by atoms with Gasteiger partial charge in [0.1, 0.15) is 22.8 Å². The number of hydrogen-bond donors (Lipinski definition) is 1. The fraction of sp³-hybridized carbons (Fsp3) is 0.257. The average molecular weight is 593 g/mol. The number of para-hydroxylation sites is 1. The van der Waals surface area contributed by atoms with Gasteiger partial charge < -0.3 is 19.0 Å². The fourth-order valence-electron chi connectivity index (χ4n) is 4.56. The molecule has 9 heteroatoms. The van der Waals surface area contributed by atoms with Crippen LogP contribution in [0.3, 0.4) is 0 Å². The largest absolute Gasteiger partial charge is 0.497 e. The molecule has 0 spiro atoms. The van der Waals surface area contributed by atoms with Crippen LogP contribution in [0, 0.1) is 31.1 Å². The highest BCUT2D eigenvalue weighted by Gasteiger charge is 2.17. The van der Waals surface area contributed by atoms with Crippen LogP contribution in [0.25, 0.3) is 5.69 Å². The van der Waals surface area contributed by atoms with Crippen molar-refractivity contribution in [3.05, 3.63) is 125 Å². The first-order valence-electron chi connectivity index (χ1n) is 14.3. The van der Waals surface area contributed by atoms with Crippen LogP contribution in [-0.2, 0) is 19.3 Å². The van der Waals surface area contributed by atoms with Gasteiger partial charge in [-0.05, 0) is 67.8 Å². The molecule has 1 atom stereocenters. The van der Waals surface area contributed by atoms with Crippen molar-refractivity contribution in [2.24, 2.45) is 5.92 Å². The lowest BCUT2D eigenvalue weighted by Crippen LogP contribution is -2.03. The summed E-state index contributed by atoms with van der Waals surface area (Å²) in [5.74, 6) is 2.17. The molecule has 2 aromatic heterocycles. The van der Waals surface area contributed by atoms with E-state index in [-0.39, 0.29) is 11.5 Å². The molecule has 0 saturated heterocycles. The number of nitriles is 1. The summed E-state index contributed by atoms with van der Waals surface area (Å²) in [6, 6.07) is 27.1. The summed E-state index contributed by atoms with van der Waals surface area (Å²) in [4.78, 5) is 16.0. The zero-order valence-corrected chi connectivity index (χ0v) is 25.4. The third-order valence-electron chi connectivity index (χ3n) is 6.87. The third kappa shape index (κ3) is 8.82. The lowest BCUT2D eigenvalue weighted by atomic mass is 10.0. The number of hydrogen-bond acceptors (Lipinski definition) is 7. The predicted molar refractivity (Wildman–Crippen MR) is 166 cm³/mol. The molecule has 0 radical (unpaired) electrons. The van der Waals surface area contributed by atoms with Crippen LogP contribution in [0.4, 0.5) is 0 Å². The quantitative estimate of drug-likeness (QED) is 0.178. The van der Waals surface area contributed by atoms with Gasteiger partial charge >= 0.3 is 5.97 Å². The number of nitrogens with zero attached hydrogens (tertiary/aromatic N) is 4. The van der Waals surface area contributed by atoms with Crippen molar-refractivity contribution in [2.75, 3.05) is 13.7 Å². The Kier molecular flexibility index (Phi) is 10.9. The molecule has 1 unspecified atom stereocenters. The first-order chi connectivity index (χ1) is 21.2. The Labute approximate surface area is 257 Å². The third-order valence-corrected chi connectivity index (χ3v) is 6.87. The van der Waals surface area contributed by atoms with E-state index in [1.54, 1.807) is 18.0 Å². The van der Waals surface area contributed by atoms with E-state index in [2.05, 4.69) is 16.2 Å². The molecule has 2 heterocycles. The minimum Gasteiger partial charge on any atom is -0.497 e. The van der Waals surface area contributed by atoms with Gasteiger partial charge in [-0.2, -0.15) is 10.4 Å². The fourth-order valence-corrected chi connectivity index (χ4v) is 4.56. The van der Waals surface area contributed by atoms with E-state index in [0.29, 0.717) is 31.0 Å².